The van der Waals surface area contributed by atoms with Gasteiger partial charge in [0.1, 0.15) is 0 Å². The molecule has 0 aliphatic rings. The highest BCUT2D eigenvalue weighted by molar-refractivity contribution is 7.13. The third-order valence-electron chi connectivity index (χ3n) is 2.70. The summed E-state index contributed by atoms with van der Waals surface area (Å²) in [6, 6.07) is 7.03. The Hall–Kier alpha value is -2.10. The number of benzene rings is 1. The molecule has 0 atom stereocenters. The van der Waals surface area contributed by atoms with E-state index in [-0.39, 0.29) is 5.97 Å². The molecule has 0 saturated heterocycles. The highest BCUT2D eigenvalue weighted by Gasteiger charge is 2.08. The summed E-state index contributed by atoms with van der Waals surface area (Å²) >= 11 is 7.49. The molecule has 0 aliphatic carbocycles. The van der Waals surface area contributed by atoms with Crippen LogP contribution in [0.15, 0.2) is 23.6 Å². The third kappa shape index (κ3) is 4.18. The monoisotopic (exact) mass is 321 g/mol. The van der Waals surface area contributed by atoms with Crippen LogP contribution in [-0.2, 0) is 16.0 Å². The number of hydrogen-bond donors (Lipinski definition) is 1. The maximum Gasteiger partial charge on any atom is 0.305 e. The van der Waals surface area contributed by atoms with Gasteiger partial charge in [0.25, 0.3) is 0 Å². The van der Waals surface area contributed by atoms with Crippen LogP contribution in [0.1, 0.15) is 17.7 Å². The lowest BCUT2D eigenvalue weighted by molar-refractivity contribution is -0.140. The summed E-state index contributed by atoms with van der Waals surface area (Å²) in [4.78, 5) is 15.5. The van der Waals surface area contributed by atoms with Crippen molar-refractivity contribution in [3.8, 4) is 6.07 Å². The number of esters is 1. The number of anilines is 2. The Kier molecular flexibility index (Phi) is 5.14. The Morgan fingerprint density at radius 3 is 3.10 bits per heavy atom. The predicted molar refractivity (Wildman–Crippen MR) is 81.9 cm³/mol. The van der Waals surface area contributed by atoms with E-state index in [1.54, 1.807) is 18.2 Å². The lowest BCUT2D eigenvalue weighted by Crippen LogP contribution is -2.02. The molecule has 108 valence electrons. The highest BCUT2D eigenvalue weighted by atomic mass is 35.5. The summed E-state index contributed by atoms with van der Waals surface area (Å²) in [7, 11) is 1.36. The van der Waals surface area contributed by atoms with Crippen molar-refractivity contribution in [2.45, 2.75) is 12.8 Å². The van der Waals surface area contributed by atoms with Crippen LogP contribution in [0.25, 0.3) is 0 Å². The maximum absolute atomic E-state index is 11.1. The van der Waals surface area contributed by atoms with Crippen molar-refractivity contribution < 1.29 is 9.53 Å². The molecule has 0 radical (unpaired) electrons. The summed E-state index contributed by atoms with van der Waals surface area (Å²) in [5.41, 5.74) is 1.95. The van der Waals surface area contributed by atoms with Gasteiger partial charge in [-0.3, -0.25) is 4.79 Å². The zero-order valence-corrected chi connectivity index (χ0v) is 12.8. The molecular weight excluding hydrogens is 310 g/mol. The molecule has 0 amide bonds. The van der Waals surface area contributed by atoms with Gasteiger partial charge in [-0.1, -0.05) is 11.6 Å². The van der Waals surface area contributed by atoms with Gasteiger partial charge < -0.3 is 10.1 Å². The van der Waals surface area contributed by atoms with Crippen LogP contribution in [0.4, 0.5) is 10.8 Å². The number of carbonyl (C=O) groups is 1. The van der Waals surface area contributed by atoms with Crippen LogP contribution in [0.5, 0.6) is 0 Å². The third-order valence-corrected chi connectivity index (χ3v) is 3.84. The van der Waals surface area contributed by atoms with Crippen molar-refractivity contribution >= 4 is 39.7 Å². The van der Waals surface area contributed by atoms with E-state index in [1.807, 2.05) is 5.38 Å². The summed E-state index contributed by atoms with van der Waals surface area (Å²) < 4.78 is 4.59. The number of aromatic nitrogens is 1. The molecule has 0 unspecified atom stereocenters. The SMILES string of the molecule is COC(=O)CCc1csc(Nc2cc(C#N)ccc2Cl)n1. The Morgan fingerprint density at radius 1 is 1.57 bits per heavy atom. The van der Waals surface area contributed by atoms with Crippen LogP contribution < -0.4 is 5.32 Å². The molecular formula is C14H12ClN3O2S. The highest BCUT2D eigenvalue weighted by Crippen LogP contribution is 2.28. The minimum atomic E-state index is -0.262. The normalized spacial score (nSPS) is 9.95. The largest absolute Gasteiger partial charge is 0.469 e. The molecule has 7 heteroatoms. The van der Waals surface area contributed by atoms with Crippen LogP contribution in [0.3, 0.4) is 0 Å². The van der Waals surface area contributed by atoms with Crippen LogP contribution >= 0.6 is 22.9 Å². The number of halogens is 1. The van der Waals surface area contributed by atoms with Crippen LogP contribution in [0, 0.1) is 11.3 Å². The lowest BCUT2D eigenvalue weighted by Gasteiger charge is -2.05. The zero-order valence-electron chi connectivity index (χ0n) is 11.2. The molecule has 1 heterocycles. The fourth-order valence-electron chi connectivity index (χ4n) is 1.62. The number of methoxy groups -OCH3 is 1. The molecule has 5 nitrogen and oxygen atoms in total. The molecule has 1 N–H and O–H groups in total. The van der Waals surface area contributed by atoms with Gasteiger partial charge in [-0.25, -0.2) is 4.98 Å². The van der Waals surface area contributed by atoms with Crippen molar-refractivity contribution in [3.63, 3.8) is 0 Å². The van der Waals surface area contributed by atoms with E-state index in [0.29, 0.717) is 34.2 Å². The molecule has 0 aliphatic heterocycles. The second kappa shape index (κ2) is 7.07. The summed E-state index contributed by atoms with van der Waals surface area (Å²) in [6.45, 7) is 0. The Morgan fingerprint density at radius 2 is 2.38 bits per heavy atom. The fraction of sp³-hybridized carbons (Fsp3) is 0.214. The fourth-order valence-corrected chi connectivity index (χ4v) is 2.54. The second-order valence-electron chi connectivity index (χ2n) is 4.15. The first-order valence-electron chi connectivity index (χ1n) is 6.10. The van der Waals surface area contributed by atoms with Gasteiger partial charge in [0.2, 0.25) is 0 Å². The molecule has 0 bridgehead atoms. The van der Waals surface area contributed by atoms with Crippen molar-refractivity contribution in [1.29, 1.82) is 5.26 Å². The van der Waals surface area contributed by atoms with Gasteiger partial charge in [-0.2, -0.15) is 5.26 Å². The van der Waals surface area contributed by atoms with Gasteiger partial charge in [0.05, 0.1) is 41.6 Å². The average molecular weight is 322 g/mol. The standard InChI is InChI=1S/C14H12ClN3O2S/c1-20-13(19)5-3-10-8-21-14(17-10)18-12-6-9(7-16)2-4-11(12)15/h2,4,6,8H,3,5H2,1H3,(H,17,18). The predicted octanol–water partition coefficient (Wildman–Crippen LogP) is 3.52. The molecule has 2 rings (SSSR count). The van der Waals surface area contributed by atoms with E-state index >= 15 is 0 Å². The van der Waals surface area contributed by atoms with E-state index in [9.17, 15) is 4.79 Å². The van der Waals surface area contributed by atoms with E-state index in [2.05, 4.69) is 21.1 Å². The van der Waals surface area contributed by atoms with Crippen molar-refractivity contribution in [1.82, 2.24) is 4.98 Å². The molecule has 0 spiro atoms. The number of thiazole rings is 1. The summed E-state index contributed by atoms with van der Waals surface area (Å²) in [5, 5.41) is 15.0. The average Bonchev–Trinajstić information content (AvgIpc) is 2.94. The van der Waals surface area contributed by atoms with Crippen LogP contribution in [0.2, 0.25) is 5.02 Å². The number of carbonyl (C=O) groups excluding carboxylic acids is 1. The number of nitrogens with one attached hydrogen (secondary N) is 1. The second-order valence-corrected chi connectivity index (χ2v) is 5.42. The summed E-state index contributed by atoms with van der Waals surface area (Å²) in [5.74, 6) is -0.262. The van der Waals surface area contributed by atoms with Gasteiger partial charge in [0.15, 0.2) is 5.13 Å². The molecule has 1 aromatic heterocycles. The minimum absolute atomic E-state index is 0.262. The molecule has 1 aromatic carbocycles. The number of nitrogens with zero attached hydrogens (tertiary/aromatic N) is 2. The van der Waals surface area contributed by atoms with Crippen molar-refractivity contribution in [3.05, 3.63) is 39.9 Å². The van der Waals surface area contributed by atoms with Gasteiger partial charge in [-0.15, -0.1) is 11.3 Å². The molecule has 21 heavy (non-hydrogen) atoms. The summed E-state index contributed by atoms with van der Waals surface area (Å²) in [6.07, 6.45) is 0.821. The zero-order chi connectivity index (χ0) is 15.2. The maximum atomic E-state index is 11.1. The molecule has 0 fully saturated rings. The van der Waals surface area contributed by atoms with E-state index in [0.717, 1.165) is 5.69 Å². The molecule has 2 aromatic rings. The quantitative estimate of drug-likeness (QED) is 0.853. The van der Waals surface area contributed by atoms with Gasteiger partial charge >= 0.3 is 5.97 Å². The number of ether oxygens (including phenoxy) is 1. The number of rotatable bonds is 5. The van der Waals surface area contributed by atoms with Gasteiger partial charge in [0, 0.05) is 11.8 Å². The van der Waals surface area contributed by atoms with Crippen molar-refractivity contribution in [2.75, 3.05) is 12.4 Å². The van der Waals surface area contributed by atoms with Crippen LogP contribution in [-0.4, -0.2) is 18.1 Å². The Labute approximate surface area is 131 Å². The first-order valence-corrected chi connectivity index (χ1v) is 7.36. The first-order chi connectivity index (χ1) is 10.1. The van der Waals surface area contributed by atoms with Crippen molar-refractivity contribution in [2.24, 2.45) is 0 Å². The Balaban J connectivity index is 2.06. The lowest BCUT2D eigenvalue weighted by atomic mass is 10.2. The number of aryl methyl sites for hydroxylation is 1. The molecule has 0 saturated carbocycles. The smallest absolute Gasteiger partial charge is 0.305 e. The van der Waals surface area contributed by atoms with E-state index in [1.165, 1.54) is 18.4 Å². The van der Waals surface area contributed by atoms with E-state index < -0.39 is 0 Å². The van der Waals surface area contributed by atoms with Gasteiger partial charge in [-0.05, 0) is 18.2 Å². The number of hydrogen-bond acceptors (Lipinski definition) is 6. The topological polar surface area (TPSA) is 75.0 Å². The first kappa shape index (κ1) is 15.3. The minimum Gasteiger partial charge on any atom is -0.469 e. The Bertz CT molecular complexity index is 694. The van der Waals surface area contributed by atoms with E-state index in [4.69, 9.17) is 16.9 Å². The number of nitriles is 1.